The van der Waals surface area contributed by atoms with Gasteiger partial charge >= 0.3 is 0 Å². The first-order valence-electron chi connectivity index (χ1n) is 11.7. The molecule has 192 valence electrons. The molecular weight excluding hydrogens is 446 g/mol. The second kappa shape index (κ2) is 9.47. The molecule has 0 fully saturated rings. The van der Waals surface area contributed by atoms with Crippen LogP contribution in [0.15, 0.2) is 30.4 Å². The molecule has 4 amide bonds. The van der Waals surface area contributed by atoms with E-state index in [0.717, 1.165) is 10.5 Å². The number of ether oxygens (including phenoxy) is 1. The molecule has 0 spiro atoms. The fourth-order valence-electron chi connectivity index (χ4n) is 4.94. The summed E-state index contributed by atoms with van der Waals surface area (Å²) in [4.78, 5) is 49.5. The average Bonchev–Trinajstić information content (AvgIpc) is 2.99. The number of nitrogens with zero attached hydrogens (tertiary/aromatic N) is 1. The van der Waals surface area contributed by atoms with Crippen LogP contribution in [0.1, 0.15) is 73.8 Å². The van der Waals surface area contributed by atoms with Crippen molar-refractivity contribution in [1.29, 1.82) is 0 Å². The number of carbonyl (C=O) groups excluding carboxylic acids is 4. The minimum Gasteiger partial charge on any atom is -0.488 e. The highest BCUT2D eigenvalue weighted by Gasteiger charge is 2.37. The van der Waals surface area contributed by atoms with Gasteiger partial charge in [0.2, 0.25) is 11.8 Å². The molecule has 1 aromatic rings. The zero-order chi connectivity index (χ0) is 27.0. The van der Waals surface area contributed by atoms with E-state index in [1.807, 2.05) is 41.5 Å². The summed E-state index contributed by atoms with van der Waals surface area (Å²) in [5.41, 5.74) is 9.77. The first kappa shape index (κ1) is 28.1. The van der Waals surface area contributed by atoms with Crippen molar-refractivity contribution in [2.45, 2.75) is 80.3 Å². The van der Waals surface area contributed by atoms with E-state index in [2.05, 4.69) is 0 Å². The topological polar surface area (TPSA) is 133 Å². The van der Waals surface area contributed by atoms with Gasteiger partial charge in [0.1, 0.15) is 11.4 Å². The van der Waals surface area contributed by atoms with Crippen molar-refractivity contribution in [3.63, 3.8) is 0 Å². The van der Waals surface area contributed by atoms with Gasteiger partial charge in [0.15, 0.2) is 0 Å². The summed E-state index contributed by atoms with van der Waals surface area (Å²) in [5, 5.41) is 0. The normalized spacial score (nSPS) is 15.0. The maximum Gasteiger partial charge on any atom is 0.258 e. The zero-order valence-electron chi connectivity index (χ0n) is 22.2. The molecule has 0 atom stereocenters. The van der Waals surface area contributed by atoms with Crippen LogP contribution in [0.4, 0.5) is 5.69 Å². The van der Waals surface area contributed by atoms with Gasteiger partial charge in [-0.1, -0.05) is 41.5 Å². The summed E-state index contributed by atoms with van der Waals surface area (Å²) in [5.74, 6) is -1.06. The number of benzene rings is 1. The maximum absolute atomic E-state index is 12.3. The van der Waals surface area contributed by atoms with Crippen LogP contribution >= 0.6 is 0 Å². The summed E-state index contributed by atoms with van der Waals surface area (Å²) in [6, 6.07) is 5.17. The number of imide groups is 1. The smallest absolute Gasteiger partial charge is 0.258 e. The maximum atomic E-state index is 12.3. The van der Waals surface area contributed by atoms with Crippen LogP contribution in [0.3, 0.4) is 0 Å². The van der Waals surface area contributed by atoms with Gasteiger partial charge in [-0.25, -0.2) is 4.90 Å². The molecule has 0 radical (unpaired) electrons. The summed E-state index contributed by atoms with van der Waals surface area (Å²) in [6.45, 7) is 15.0. The third kappa shape index (κ3) is 6.93. The molecule has 1 aliphatic heterocycles. The SMILES string of the molecule is CC(C)(Cc1cc(N2C(=O)C=CC2=O)ccc1OC(C)(C)CC(C)(C)C(N)=O)CC(C)(C)C(N)=O. The van der Waals surface area contributed by atoms with Crippen molar-refractivity contribution in [3.8, 4) is 5.75 Å². The average molecular weight is 486 g/mol. The fourth-order valence-corrected chi connectivity index (χ4v) is 4.94. The number of amides is 4. The second-order valence-corrected chi connectivity index (χ2v) is 12.2. The lowest BCUT2D eigenvalue weighted by atomic mass is 9.71. The Kier molecular flexibility index (Phi) is 7.60. The molecule has 1 heterocycles. The van der Waals surface area contributed by atoms with Gasteiger partial charge in [0, 0.05) is 29.4 Å². The molecule has 4 N–H and O–H groups in total. The van der Waals surface area contributed by atoms with E-state index in [1.54, 1.807) is 32.0 Å². The molecule has 0 aliphatic carbocycles. The molecule has 0 aromatic heterocycles. The van der Waals surface area contributed by atoms with Gasteiger partial charge in [-0.05, 0) is 55.9 Å². The Balaban J connectivity index is 2.48. The molecule has 0 unspecified atom stereocenters. The van der Waals surface area contributed by atoms with E-state index >= 15 is 0 Å². The van der Waals surface area contributed by atoms with E-state index in [1.165, 1.54) is 12.2 Å². The van der Waals surface area contributed by atoms with Crippen LogP contribution in [0.25, 0.3) is 0 Å². The van der Waals surface area contributed by atoms with Crippen molar-refractivity contribution in [2.24, 2.45) is 27.7 Å². The quantitative estimate of drug-likeness (QED) is 0.462. The Hall–Kier alpha value is -3.16. The van der Waals surface area contributed by atoms with E-state index < -0.39 is 34.2 Å². The van der Waals surface area contributed by atoms with Gasteiger partial charge in [0.05, 0.1) is 5.69 Å². The predicted molar refractivity (Wildman–Crippen MR) is 135 cm³/mol. The monoisotopic (exact) mass is 485 g/mol. The number of hydrogen-bond acceptors (Lipinski definition) is 5. The zero-order valence-corrected chi connectivity index (χ0v) is 22.2. The predicted octanol–water partition coefficient (Wildman–Crippen LogP) is 3.65. The van der Waals surface area contributed by atoms with Crippen molar-refractivity contribution in [3.05, 3.63) is 35.9 Å². The van der Waals surface area contributed by atoms with Crippen LogP contribution in [0.5, 0.6) is 5.75 Å². The van der Waals surface area contributed by atoms with Crippen molar-refractivity contribution < 1.29 is 23.9 Å². The molecule has 1 aliphatic rings. The Morgan fingerprint density at radius 2 is 1.31 bits per heavy atom. The van der Waals surface area contributed by atoms with Crippen LogP contribution in [0.2, 0.25) is 0 Å². The van der Waals surface area contributed by atoms with Gasteiger partial charge in [-0.3, -0.25) is 19.2 Å². The number of hydrogen-bond donors (Lipinski definition) is 2. The third-order valence-corrected chi connectivity index (χ3v) is 6.29. The number of nitrogens with two attached hydrogens (primary N) is 2. The van der Waals surface area contributed by atoms with Gasteiger partial charge in [0.25, 0.3) is 11.8 Å². The van der Waals surface area contributed by atoms with Crippen LogP contribution < -0.4 is 21.1 Å². The largest absolute Gasteiger partial charge is 0.488 e. The number of rotatable bonds is 11. The summed E-state index contributed by atoms with van der Waals surface area (Å²) in [7, 11) is 0. The fraction of sp³-hybridized carbons (Fsp3) is 0.556. The highest BCUT2D eigenvalue weighted by molar-refractivity contribution is 6.28. The second-order valence-electron chi connectivity index (χ2n) is 12.2. The number of primary amides is 2. The van der Waals surface area contributed by atoms with Crippen LogP contribution in [-0.2, 0) is 25.6 Å². The van der Waals surface area contributed by atoms with Crippen molar-refractivity contribution in [1.82, 2.24) is 0 Å². The summed E-state index contributed by atoms with van der Waals surface area (Å²) >= 11 is 0. The van der Waals surface area contributed by atoms with E-state index in [4.69, 9.17) is 16.2 Å². The molecule has 8 heteroatoms. The lowest BCUT2D eigenvalue weighted by molar-refractivity contribution is -0.128. The summed E-state index contributed by atoms with van der Waals surface area (Å²) < 4.78 is 6.41. The lowest BCUT2D eigenvalue weighted by Crippen LogP contribution is -2.41. The molecule has 8 nitrogen and oxygen atoms in total. The number of carbonyl (C=O) groups is 4. The van der Waals surface area contributed by atoms with Gasteiger partial charge in [-0.15, -0.1) is 0 Å². The van der Waals surface area contributed by atoms with E-state index in [0.29, 0.717) is 30.7 Å². The minimum atomic E-state index is -0.783. The van der Waals surface area contributed by atoms with Crippen molar-refractivity contribution in [2.75, 3.05) is 4.90 Å². The minimum absolute atomic E-state index is 0.372. The molecule has 35 heavy (non-hydrogen) atoms. The van der Waals surface area contributed by atoms with E-state index in [9.17, 15) is 19.2 Å². The molecule has 1 aromatic carbocycles. The lowest BCUT2D eigenvalue weighted by Gasteiger charge is -2.36. The molecule has 0 saturated heterocycles. The Morgan fingerprint density at radius 3 is 1.80 bits per heavy atom. The van der Waals surface area contributed by atoms with Crippen molar-refractivity contribution >= 4 is 29.3 Å². The van der Waals surface area contributed by atoms with Crippen LogP contribution in [0, 0.1) is 16.2 Å². The van der Waals surface area contributed by atoms with Gasteiger partial charge < -0.3 is 16.2 Å². The Morgan fingerprint density at radius 1 is 0.829 bits per heavy atom. The molecule has 0 bridgehead atoms. The highest BCUT2D eigenvalue weighted by Crippen LogP contribution is 2.41. The first-order chi connectivity index (χ1) is 15.8. The standard InChI is InChI=1S/C27H39N3O5/c1-24(2,15-25(3,4)22(28)33)14-17-13-18(30-20(31)11-12-21(30)32)9-10-19(17)35-27(7,8)16-26(5,6)23(29)34/h9-13H,14-16H2,1-8H3,(H2,28,33)(H2,29,34). The molecular formula is C27H39N3O5. The summed E-state index contributed by atoms with van der Waals surface area (Å²) in [6.07, 6.45) is 3.86. The van der Waals surface area contributed by atoms with Crippen LogP contribution in [-0.4, -0.2) is 29.2 Å². The highest BCUT2D eigenvalue weighted by atomic mass is 16.5. The van der Waals surface area contributed by atoms with Gasteiger partial charge in [-0.2, -0.15) is 0 Å². The number of anilines is 1. The molecule has 0 saturated carbocycles. The first-order valence-corrected chi connectivity index (χ1v) is 11.7. The Labute approximate surface area is 208 Å². The third-order valence-electron chi connectivity index (χ3n) is 6.29. The molecule has 2 rings (SSSR count). The van der Waals surface area contributed by atoms with E-state index in [-0.39, 0.29) is 11.3 Å². The Bertz CT molecular complexity index is 1050.